The maximum absolute atomic E-state index is 4.12. The molecule has 1 aromatic carbocycles. The molecule has 0 bridgehead atoms. The fourth-order valence-corrected chi connectivity index (χ4v) is 1.08. The smallest absolute Gasteiger partial charge is 0.109 e. The molecular weight excluding hydrogens is 136 g/mol. The van der Waals surface area contributed by atoms with E-state index in [0.29, 0.717) is 0 Å². The largest absolute Gasteiger partial charge is 0.252 e. The second-order valence-corrected chi connectivity index (χ2v) is 2.44. The first-order valence-corrected chi connectivity index (χ1v) is 3.46. The highest BCUT2D eigenvalue weighted by Gasteiger charge is 1.95. The van der Waals surface area contributed by atoms with Gasteiger partial charge in [0.05, 0.1) is 17.2 Å². The monoisotopic (exact) mass is 143 g/mol. The summed E-state index contributed by atoms with van der Waals surface area (Å²) in [6, 6.07) is 5.94. The average Bonchev–Trinajstić information content (AvgIpc) is 2.06. The van der Waals surface area contributed by atoms with Crippen molar-refractivity contribution in [3.05, 3.63) is 36.2 Å². The van der Waals surface area contributed by atoms with Crippen LogP contribution in [0.5, 0.6) is 0 Å². The summed E-state index contributed by atoms with van der Waals surface area (Å²) < 4.78 is 0. The van der Waals surface area contributed by atoms with Crippen molar-refractivity contribution in [1.29, 1.82) is 0 Å². The molecule has 2 rings (SSSR count). The van der Waals surface area contributed by atoms with Gasteiger partial charge >= 0.3 is 0 Å². The molecule has 2 heteroatoms. The molecule has 1 aromatic heterocycles. The molecule has 0 fully saturated rings. The van der Waals surface area contributed by atoms with E-state index >= 15 is 0 Å². The lowest BCUT2D eigenvalue weighted by Gasteiger charge is -1.96. The van der Waals surface area contributed by atoms with Crippen molar-refractivity contribution in [2.45, 2.75) is 6.92 Å². The topological polar surface area (TPSA) is 25.8 Å². The van der Waals surface area contributed by atoms with Gasteiger partial charge in [-0.3, -0.25) is 4.98 Å². The van der Waals surface area contributed by atoms with E-state index < -0.39 is 0 Å². The van der Waals surface area contributed by atoms with Crippen LogP contribution in [-0.2, 0) is 0 Å². The third kappa shape index (κ3) is 0.963. The van der Waals surface area contributed by atoms with Crippen LogP contribution >= 0.6 is 0 Å². The van der Waals surface area contributed by atoms with Gasteiger partial charge in [-0.1, -0.05) is 12.1 Å². The van der Waals surface area contributed by atoms with Crippen LogP contribution in [-0.4, -0.2) is 9.97 Å². The fourth-order valence-electron chi connectivity index (χ4n) is 1.08. The molecule has 0 aliphatic rings. The molecule has 1 radical (unpaired) electrons. The van der Waals surface area contributed by atoms with Crippen molar-refractivity contribution in [2.75, 3.05) is 0 Å². The molecule has 2 aromatic rings. The Morgan fingerprint density at radius 1 is 1.36 bits per heavy atom. The van der Waals surface area contributed by atoms with E-state index in [-0.39, 0.29) is 0 Å². The van der Waals surface area contributed by atoms with Crippen LogP contribution in [0, 0.1) is 13.1 Å². The second kappa shape index (κ2) is 2.31. The van der Waals surface area contributed by atoms with Crippen LogP contribution in [0.15, 0.2) is 24.4 Å². The highest BCUT2D eigenvalue weighted by Crippen LogP contribution is 2.11. The summed E-state index contributed by atoms with van der Waals surface area (Å²) in [6.45, 7) is 2.02. The highest BCUT2D eigenvalue weighted by molar-refractivity contribution is 5.76. The Morgan fingerprint density at radius 2 is 2.27 bits per heavy atom. The quantitative estimate of drug-likeness (QED) is 0.561. The van der Waals surface area contributed by atoms with Crippen LogP contribution < -0.4 is 0 Å². The molecule has 2 nitrogen and oxygen atoms in total. The molecule has 0 amide bonds. The van der Waals surface area contributed by atoms with E-state index in [1.54, 1.807) is 6.20 Å². The van der Waals surface area contributed by atoms with Crippen molar-refractivity contribution >= 4 is 11.0 Å². The number of rotatable bonds is 0. The van der Waals surface area contributed by atoms with Crippen LogP contribution in [0.2, 0.25) is 0 Å². The number of nitrogens with zero attached hydrogens (tertiary/aromatic N) is 2. The van der Waals surface area contributed by atoms with Crippen molar-refractivity contribution in [1.82, 2.24) is 9.97 Å². The minimum Gasteiger partial charge on any atom is -0.252 e. The summed E-state index contributed by atoms with van der Waals surface area (Å²) in [6.07, 6.45) is 4.30. The molecule has 0 saturated carbocycles. The van der Waals surface area contributed by atoms with Crippen molar-refractivity contribution < 1.29 is 0 Å². The SMILES string of the molecule is Cc1cccc2nc[c]nc12. The minimum atomic E-state index is 0.934. The van der Waals surface area contributed by atoms with E-state index in [1.807, 2.05) is 25.1 Å². The third-order valence-electron chi connectivity index (χ3n) is 1.65. The number of fused-ring (bicyclic) bond motifs is 1. The predicted molar refractivity (Wildman–Crippen MR) is 43.1 cm³/mol. The molecule has 0 atom stereocenters. The zero-order chi connectivity index (χ0) is 7.68. The van der Waals surface area contributed by atoms with Crippen molar-refractivity contribution in [3.63, 3.8) is 0 Å². The standard InChI is InChI=1S/C9H7N2/c1-7-3-2-4-8-9(7)11-6-5-10-8/h2-5H,1H3. The Kier molecular flexibility index (Phi) is 1.32. The van der Waals surface area contributed by atoms with Gasteiger partial charge in [-0.05, 0) is 18.6 Å². The van der Waals surface area contributed by atoms with Crippen molar-refractivity contribution in [3.8, 4) is 0 Å². The number of para-hydroxylation sites is 1. The summed E-state index contributed by atoms with van der Waals surface area (Å²) in [5.74, 6) is 0. The lowest BCUT2D eigenvalue weighted by atomic mass is 10.2. The zero-order valence-electron chi connectivity index (χ0n) is 6.20. The van der Waals surface area contributed by atoms with Crippen LogP contribution in [0.4, 0.5) is 0 Å². The summed E-state index contributed by atoms with van der Waals surface area (Å²) in [5, 5.41) is 0. The maximum atomic E-state index is 4.12. The van der Waals surface area contributed by atoms with Gasteiger partial charge in [0.1, 0.15) is 6.20 Å². The number of benzene rings is 1. The van der Waals surface area contributed by atoms with Crippen molar-refractivity contribution in [2.24, 2.45) is 0 Å². The summed E-state index contributed by atoms with van der Waals surface area (Å²) in [5.41, 5.74) is 3.02. The van der Waals surface area contributed by atoms with Crippen LogP contribution in [0.25, 0.3) is 11.0 Å². The van der Waals surface area contributed by atoms with E-state index in [1.165, 1.54) is 0 Å². The first-order valence-electron chi connectivity index (χ1n) is 3.46. The van der Waals surface area contributed by atoms with E-state index in [4.69, 9.17) is 0 Å². The summed E-state index contributed by atoms with van der Waals surface area (Å²) in [7, 11) is 0. The van der Waals surface area contributed by atoms with E-state index in [0.717, 1.165) is 16.6 Å². The van der Waals surface area contributed by atoms with Crippen LogP contribution in [0.3, 0.4) is 0 Å². The molecule has 1 heterocycles. The molecule has 0 aliphatic carbocycles. The zero-order valence-corrected chi connectivity index (χ0v) is 6.20. The van der Waals surface area contributed by atoms with E-state index in [9.17, 15) is 0 Å². The Bertz CT molecular complexity index is 377. The molecular formula is C9H7N2. The average molecular weight is 143 g/mol. The van der Waals surface area contributed by atoms with E-state index in [2.05, 4.69) is 16.2 Å². The summed E-state index contributed by atoms with van der Waals surface area (Å²) in [4.78, 5) is 8.22. The lowest BCUT2D eigenvalue weighted by Crippen LogP contribution is -1.84. The number of aryl methyl sites for hydroxylation is 1. The molecule has 0 saturated heterocycles. The Morgan fingerprint density at radius 3 is 3.09 bits per heavy atom. The fraction of sp³-hybridized carbons (Fsp3) is 0.111. The highest BCUT2D eigenvalue weighted by atomic mass is 14.8. The summed E-state index contributed by atoms with van der Waals surface area (Å²) >= 11 is 0. The Hall–Kier alpha value is -1.44. The van der Waals surface area contributed by atoms with Crippen LogP contribution in [0.1, 0.15) is 5.56 Å². The normalized spacial score (nSPS) is 10.3. The Labute approximate surface area is 64.9 Å². The second-order valence-electron chi connectivity index (χ2n) is 2.44. The number of hydrogen-bond acceptors (Lipinski definition) is 2. The first kappa shape index (κ1) is 6.28. The lowest BCUT2D eigenvalue weighted by molar-refractivity contribution is 1.26. The van der Waals surface area contributed by atoms with Gasteiger partial charge in [-0.25, -0.2) is 4.98 Å². The number of hydrogen-bond donors (Lipinski definition) is 0. The van der Waals surface area contributed by atoms with Gasteiger partial charge in [-0.15, -0.1) is 0 Å². The molecule has 0 aliphatic heterocycles. The van der Waals surface area contributed by atoms with Gasteiger partial charge in [0.15, 0.2) is 0 Å². The Balaban J connectivity index is 2.91. The molecule has 11 heavy (non-hydrogen) atoms. The third-order valence-corrected chi connectivity index (χ3v) is 1.65. The van der Waals surface area contributed by atoms with Gasteiger partial charge < -0.3 is 0 Å². The van der Waals surface area contributed by atoms with Gasteiger partial charge in [-0.2, -0.15) is 0 Å². The molecule has 0 spiro atoms. The van der Waals surface area contributed by atoms with Gasteiger partial charge in [0, 0.05) is 0 Å². The first-order chi connectivity index (χ1) is 5.38. The molecule has 0 N–H and O–H groups in total. The maximum Gasteiger partial charge on any atom is 0.109 e. The predicted octanol–water partition coefficient (Wildman–Crippen LogP) is 1.74. The van der Waals surface area contributed by atoms with Gasteiger partial charge in [0.25, 0.3) is 0 Å². The number of aromatic nitrogens is 2. The minimum absolute atomic E-state index is 0.934. The molecule has 0 unspecified atom stereocenters. The van der Waals surface area contributed by atoms with Gasteiger partial charge in [0.2, 0.25) is 0 Å². The molecule has 53 valence electrons.